The topological polar surface area (TPSA) is 117 Å². The van der Waals surface area contributed by atoms with Crippen molar-refractivity contribution in [3.63, 3.8) is 0 Å². The Morgan fingerprint density at radius 1 is 1.40 bits per heavy atom. The van der Waals surface area contributed by atoms with Gasteiger partial charge in [0.1, 0.15) is 5.92 Å². The molecule has 3 rings (SSSR count). The summed E-state index contributed by atoms with van der Waals surface area (Å²) in [5, 5.41) is 11.9. The van der Waals surface area contributed by atoms with E-state index in [0.717, 1.165) is 0 Å². The van der Waals surface area contributed by atoms with Crippen LogP contribution in [-0.4, -0.2) is 36.3 Å². The average Bonchev–Trinajstić information content (AvgIpc) is 2.72. The normalized spacial score (nSPS) is 26.7. The third-order valence-corrected chi connectivity index (χ3v) is 7.00. The summed E-state index contributed by atoms with van der Waals surface area (Å²) in [6.07, 6.45) is 0.594. The molecule has 0 spiro atoms. The Balaban J connectivity index is 2.12. The maximum Gasteiger partial charge on any atom is 0.316 e. The third-order valence-electron chi connectivity index (χ3n) is 5.28. The predicted octanol–water partition coefficient (Wildman–Crippen LogP) is 4.09. The van der Waals surface area contributed by atoms with E-state index in [1.165, 1.54) is 19.2 Å². The van der Waals surface area contributed by atoms with Gasteiger partial charge in [-0.2, -0.15) is 0 Å². The molecule has 0 N–H and O–H groups in total. The van der Waals surface area contributed by atoms with Crippen LogP contribution in [0.15, 0.2) is 40.3 Å². The smallest absolute Gasteiger partial charge is 0.316 e. The molecular formula is C20H23N2O7P. The number of allylic oxidation sites excluding steroid dienone is 2. The number of nitro groups is 1. The summed E-state index contributed by atoms with van der Waals surface area (Å²) in [4.78, 5) is 40.4. The summed E-state index contributed by atoms with van der Waals surface area (Å²) in [7, 11) is -0.542. The van der Waals surface area contributed by atoms with E-state index in [1.54, 1.807) is 26.0 Å². The molecule has 1 fully saturated rings. The van der Waals surface area contributed by atoms with Gasteiger partial charge in [0.25, 0.3) is 14.1 Å². The number of ether oxygens (including phenoxy) is 1. The van der Waals surface area contributed by atoms with Crippen molar-refractivity contribution in [2.75, 3.05) is 13.7 Å². The van der Waals surface area contributed by atoms with Crippen LogP contribution in [0.25, 0.3) is 0 Å². The van der Waals surface area contributed by atoms with Crippen molar-refractivity contribution in [2.45, 2.75) is 33.1 Å². The molecule has 160 valence electrons. The van der Waals surface area contributed by atoms with Gasteiger partial charge in [-0.3, -0.25) is 24.7 Å². The van der Waals surface area contributed by atoms with Gasteiger partial charge in [0, 0.05) is 34.8 Å². The Hall–Kier alpha value is -2.64. The van der Waals surface area contributed by atoms with Gasteiger partial charge in [-0.1, -0.05) is 19.1 Å². The number of hydrogen-bond acceptors (Lipinski definition) is 8. The number of methoxy groups -OCH3 is 1. The number of nitrogens with zero attached hydrogens (tertiary/aromatic N) is 2. The van der Waals surface area contributed by atoms with E-state index in [-0.39, 0.29) is 24.2 Å². The third kappa shape index (κ3) is 4.13. The highest BCUT2D eigenvalue weighted by Crippen LogP contribution is 2.60. The molecule has 10 heteroatoms. The lowest BCUT2D eigenvalue weighted by atomic mass is 9.80. The maximum atomic E-state index is 12.7. The molecule has 1 aromatic rings. The lowest BCUT2D eigenvalue weighted by Gasteiger charge is -2.36. The van der Waals surface area contributed by atoms with Gasteiger partial charge in [-0.05, 0) is 25.8 Å². The number of carbonyl (C=O) groups is 2. The first-order valence-electron chi connectivity index (χ1n) is 9.51. The molecule has 1 aromatic carbocycles. The van der Waals surface area contributed by atoms with Crippen LogP contribution >= 0.6 is 8.38 Å². The molecule has 0 aromatic heterocycles. The molecule has 0 saturated carbocycles. The molecule has 4 unspecified atom stereocenters. The van der Waals surface area contributed by atoms with E-state index in [2.05, 4.69) is 4.99 Å². The second-order valence-corrected chi connectivity index (χ2v) is 8.56. The van der Waals surface area contributed by atoms with E-state index in [1.807, 2.05) is 6.92 Å². The quantitative estimate of drug-likeness (QED) is 0.296. The highest BCUT2D eigenvalue weighted by Gasteiger charge is 2.46. The van der Waals surface area contributed by atoms with Gasteiger partial charge >= 0.3 is 11.9 Å². The zero-order chi connectivity index (χ0) is 22.0. The zero-order valence-electron chi connectivity index (χ0n) is 17.2. The second-order valence-electron chi connectivity index (χ2n) is 7.12. The van der Waals surface area contributed by atoms with E-state index in [9.17, 15) is 19.7 Å². The predicted molar refractivity (Wildman–Crippen MR) is 110 cm³/mol. The minimum atomic E-state index is -1.82. The lowest BCUT2D eigenvalue weighted by molar-refractivity contribution is -0.384. The molecule has 2 aliphatic rings. The summed E-state index contributed by atoms with van der Waals surface area (Å²) >= 11 is 0. The molecule has 1 saturated heterocycles. The van der Waals surface area contributed by atoms with Gasteiger partial charge < -0.3 is 13.8 Å². The highest BCUT2D eigenvalue weighted by atomic mass is 31.2. The standard InChI is InChI=1S/C20H23N2O7P/c1-5-13-10-28-30(29-19(13)23)18-12(3)21-11(2)16(20(24)27-4)17(18)14-7-6-8-15(9-14)22(25)26/h6-9,13,16-17H,5,10H2,1-4H3. The number of esters is 1. The number of nitro benzene ring substituents is 1. The number of aliphatic imine (C=N–C) groups is 1. The van der Waals surface area contributed by atoms with Crippen LogP contribution in [0, 0.1) is 22.0 Å². The highest BCUT2D eigenvalue weighted by molar-refractivity contribution is 7.52. The fourth-order valence-electron chi connectivity index (χ4n) is 3.69. The van der Waals surface area contributed by atoms with E-state index in [0.29, 0.717) is 28.7 Å². The summed E-state index contributed by atoms with van der Waals surface area (Å²) in [5.74, 6) is -2.70. The van der Waals surface area contributed by atoms with Gasteiger partial charge in [0.05, 0.1) is 24.6 Å². The van der Waals surface area contributed by atoms with Crippen LogP contribution in [0.2, 0.25) is 0 Å². The Morgan fingerprint density at radius 3 is 2.73 bits per heavy atom. The van der Waals surface area contributed by atoms with Gasteiger partial charge in [-0.15, -0.1) is 0 Å². The first kappa shape index (κ1) is 22.1. The van der Waals surface area contributed by atoms with Crippen molar-refractivity contribution < 1.29 is 28.3 Å². The molecule has 0 aliphatic carbocycles. The fourth-order valence-corrected chi connectivity index (χ4v) is 5.45. The molecular weight excluding hydrogens is 411 g/mol. The molecule has 0 radical (unpaired) electrons. The van der Waals surface area contributed by atoms with Crippen molar-refractivity contribution in [1.29, 1.82) is 0 Å². The molecule has 9 nitrogen and oxygen atoms in total. The van der Waals surface area contributed by atoms with Gasteiger partial charge in [-0.25, -0.2) is 0 Å². The summed E-state index contributed by atoms with van der Waals surface area (Å²) < 4.78 is 16.5. The summed E-state index contributed by atoms with van der Waals surface area (Å²) in [5.41, 5.74) is 1.51. The van der Waals surface area contributed by atoms with Crippen molar-refractivity contribution >= 4 is 31.7 Å². The first-order chi connectivity index (χ1) is 14.3. The minimum Gasteiger partial charge on any atom is -0.468 e. The van der Waals surface area contributed by atoms with Crippen LogP contribution in [0.4, 0.5) is 5.69 Å². The Kier molecular flexibility index (Phi) is 6.63. The lowest BCUT2D eigenvalue weighted by Crippen LogP contribution is -2.35. The molecule has 2 heterocycles. The monoisotopic (exact) mass is 434 g/mol. The fraction of sp³-hybridized carbons (Fsp3) is 0.450. The number of hydrogen-bond donors (Lipinski definition) is 0. The van der Waals surface area contributed by atoms with Crippen molar-refractivity contribution in [3.8, 4) is 0 Å². The van der Waals surface area contributed by atoms with Crippen molar-refractivity contribution in [3.05, 3.63) is 51.0 Å². The van der Waals surface area contributed by atoms with Crippen molar-refractivity contribution in [2.24, 2.45) is 16.8 Å². The number of non-ortho nitro benzene ring substituents is 1. The van der Waals surface area contributed by atoms with Crippen LogP contribution in [0.1, 0.15) is 38.7 Å². The Morgan fingerprint density at radius 2 is 2.13 bits per heavy atom. The van der Waals surface area contributed by atoms with Crippen LogP contribution in [-0.2, 0) is 23.4 Å². The second kappa shape index (κ2) is 9.02. The van der Waals surface area contributed by atoms with Crippen molar-refractivity contribution in [1.82, 2.24) is 0 Å². The largest absolute Gasteiger partial charge is 0.468 e. The number of rotatable bonds is 5. The van der Waals surface area contributed by atoms with Crippen LogP contribution in [0.3, 0.4) is 0 Å². The van der Waals surface area contributed by atoms with E-state index >= 15 is 0 Å². The van der Waals surface area contributed by atoms with E-state index in [4.69, 9.17) is 13.8 Å². The Bertz CT molecular complexity index is 943. The molecule has 4 atom stereocenters. The van der Waals surface area contributed by atoms with E-state index < -0.39 is 31.1 Å². The molecule has 0 amide bonds. The van der Waals surface area contributed by atoms with Crippen LogP contribution in [0.5, 0.6) is 0 Å². The SMILES string of the molecule is CCC1COP(C2=C(C)N=C(C)C(C(=O)OC)C2c2cccc([N+](=O)[O-])c2)OC1=O. The molecule has 30 heavy (non-hydrogen) atoms. The Labute approximate surface area is 175 Å². The van der Waals surface area contributed by atoms with Gasteiger partial charge in [0.15, 0.2) is 0 Å². The van der Waals surface area contributed by atoms with Crippen LogP contribution < -0.4 is 0 Å². The molecule has 0 bridgehead atoms. The average molecular weight is 434 g/mol. The number of carbonyl (C=O) groups excluding carboxylic acids is 2. The first-order valence-corrected chi connectivity index (χ1v) is 10.7. The number of benzene rings is 1. The minimum absolute atomic E-state index is 0.103. The summed E-state index contributed by atoms with van der Waals surface area (Å²) in [6.45, 7) is 5.55. The maximum absolute atomic E-state index is 12.7. The van der Waals surface area contributed by atoms with Gasteiger partial charge in [0.2, 0.25) is 0 Å². The zero-order valence-corrected chi connectivity index (χ0v) is 18.0. The molecule has 2 aliphatic heterocycles. The summed E-state index contributed by atoms with van der Waals surface area (Å²) in [6, 6.07) is 6.06.